The normalized spacial score (nSPS) is 18.7. The van der Waals surface area contributed by atoms with E-state index in [9.17, 15) is 9.59 Å². The summed E-state index contributed by atoms with van der Waals surface area (Å²) in [5.41, 5.74) is 8.12. The van der Waals surface area contributed by atoms with Gasteiger partial charge in [0.1, 0.15) is 12.1 Å². The van der Waals surface area contributed by atoms with Gasteiger partial charge < -0.3 is 9.47 Å². The first-order valence-corrected chi connectivity index (χ1v) is 23.4. The summed E-state index contributed by atoms with van der Waals surface area (Å²) in [5.74, 6) is 1.02. The molecule has 5 aromatic rings. The molecule has 2 aromatic carbocycles. The van der Waals surface area contributed by atoms with Gasteiger partial charge in [-0.3, -0.25) is 14.8 Å². The molecule has 4 atom stereocenters. The zero-order valence-corrected chi connectivity index (χ0v) is 37.1. The number of hydrogen-bond acceptors (Lipinski definition) is 9. The molecule has 328 valence electrons. The highest BCUT2D eigenvalue weighted by atomic mass is 16.5. The summed E-state index contributed by atoms with van der Waals surface area (Å²) in [7, 11) is 2.97. The molecule has 2 saturated heterocycles. The van der Waals surface area contributed by atoms with E-state index in [2.05, 4.69) is 44.0 Å². The molecule has 0 bridgehead atoms. The molecule has 62 heavy (non-hydrogen) atoms. The summed E-state index contributed by atoms with van der Waals surface area (Å²) in [6, 6.07) is 32.3. The van der Waals surface area contributed by atoms with Gasteiger partial charge in [0.25, 0.3) is 0 Å². The lowest BCUT2D eigenvalue weighted by atomic mass is 9.95. The van der Waals surface area contributed by atoms with Crippen molar-refractivity contribution in [2.75, 3.05) is 40.4 Å². The van der Waals surface area contributed by atoms with E-state index in [0.29, 0.717) is 11.8 Å². The van der Waals surface area contributed by atoms with Crippen LogP contribution in [0, 0.1) is 11.8 Å². The number of likely N-dealkylation sites (tertiary alicyclic amines) is 2. The minimum Gasteiger partial charge on any atom is -0.468 e. The summed E-state index contributed by atoms with van der Waals surface area (Å²) >= 11 is 0. The Morgan fingerprint density at radius 1 is 0.613 bits per heavy atom. The topological polar surface area (TPSA) is 97.7 Å². The van der Waals surface area contributed by atoms with E-state index in [1.165, 1.54) is 102 Å². The largest absolute Gasteiger partial charge is 0.468 e. The number of unbranched alkanes of at least 4 members (excludes halogenated alkanes) is 4. The molecule has 3 aliphatic rings. The Labute approximate surface area is 369 Å². The molecular weight excluding hydrogens is 771 g/mol. The van der Waals surface area contributed by atoms with Crippen LogP contribution in [0.2, 0.25) is 0 Å². The Hall–Kier alpha value is -4.99. The minimum atomic E-state index is -0.288. The third-order valence-corrected chi connectivity index (χ3v) is 13.3. The SMILES string of the molecule is COC(=O)C(c1ccccc1)N1CC[C@@H](CCCCCc2ccc3c(n2)CCCC3)C1.COC(=O)C(c1ccccc1)N1CC[C@@H](CCCCCc2ccc3cccnc3n2)C1. The molecule has 5 heterocycles. The number of benzene rings is 2. The van der Waals surface area contributed by atoms with Crippen LogP contribution in [-0.2, 0) is 44.7 Å². The number of pyridine rings is 3. The van der Waals surface area contributed by atoms with Crippen molar-refractivity contribution < 1.29 is 19.1 Å². The third-order valence-electron chi connectivity index (χ3n) is 13.3. The number of esters is 2. The summed E-state index contributed by atoms with van der Waals surface area (Å²) in [4.78, 5) is 43.4. The van der Waals surface area contributed by atoms with Crippen molar-refractivity contribution in [3.8, 4) is 0 Å². The van der Waals surface area contributed by atoms with Gasteiger partial charge in [-0.1, -0.05) is 92.4 Å². The van der Waals surface area contributed by atoms with Crippen LogP contribution in [0.15, 0.2) is 103 Å². The highest BCUT2D eigenvalue weighted by Gasteiger charge is 2.35. The monoisotopic (exact) mass is 838 g/mol. The molecule has 0 spiro atoms. The molecule has 1 aliphatic carbocycles. The second-order valence-electron chi connectivity index (χ2n) is 17.6. The number of methoxy groups -OCH3 is 2. The Morgan fingerprint density at radius 3 is 1.74 bits per heavy atom. The molecule has 8 rings (SSSR count). The van der Waals surface area contributed by atoms with Crippen molar-refractivity contribution in [2.45, 2.75) is 115 Å². The van der Waals surface area contributed by atoms with Crippen molar-refractivity contribution in [2.24, 2.45) is 11.8 Å². The lowest BCUT2D eigenvalue weighted by molar-refractivity contribution is -0.147. The molecule has 0 N–H and O–H groups in total. The molecule has 3 aromatic heterocycles. The molecule has 2 fully saturated rings. The second kappa shape index (κ2) is 23.5. The van der Waals surface area contributed by atoms with Gasteiger partial charge in [-0.25, -0.2) is 19.6 Å². The quantitative estimate of drug-likeness (QED) is 0.0631. The maximum absolute atomic E-state index is 12.5. The van der Waals surface area contributed by atoms with E-state index >= 15 is 0 Å². The number of ether oxygens (including phenoxy) is 2. The first-order valence-electron chi connectivity index (χ1n) is 23.4. The fourth-order valence-corrected chi connectivity index (χ4v) is 9.88. The van der Waals surface area contributed by atoms with Gasteiger partial charge in [-0.2, -0.15) is 0 Å². The number of hydrogen-bond donors (Lipinski definition) is 0. The smallest absolute Gasteiger partial charge is 0.327 e. The minimum absolute atomic E-state index is 0.149. The lowest BCUT2D eigenvalue weighted by Crippen LogP contribution is -2.33. The maximum atomic E-state index is 12.5. The van der Waals surface area contributed by atoms with E-state index in [0.717, 1.165) is 86.1 Å². The Balaban J connectivity index is 0.000000186. The molecule has 9 heteroatoms. The molecule has 2 unspecified atom stereocenters. The van der Waals surface area contributed by atoms with E-state index in [-0.39, 0.29) is 24.0 Å². The van der Waals surface area contributed by atoms with Crippen molar-refractivity contribution in [3.05, 3.63) is 137 Å². The van der Waals surface area contributed by atoms with Gasteiger partial charge in [0.2, 0.25) is 0 Å². The van der Waals surface area contributed by atoms with Crippen molar-refractivity contribution in [1.82, 2.24) is 24.8 Å². The molecule has 0 saturated carbocycles. The van der Waals surface area contributed by atoms with E-state index in [1.807, 2.05) is 72.8 Å². The summed E-state index contributed by atoms with van der Waals surface area (Å²) in [5, 5.41) is 1.10. The fraction of sp³-hybridized carbons (Fsp3) is 0.491. The number of aryl methyl sites for hydroxylation is 4. The van der Waals surface area contributed by atoms with Crippen molar-refractivity contribution in [3.63, 3.8) is 0 Å². The first-order chi connectivity index (χ1) is 30.5. The fourth-order valence-electron chi connectivity index (χ4n) is 9.88. The van der Waals surface area contributed by atoms with Crippen LogP contribution in [0.4, 0.5) is 0 Å². The Bertz CT molecular complexity index is 2150. The zero-order chi connectivity index (χ0) is 42.9. The average Bonchev–Trinajstić information content (AvgIpc) is 3.99. The van der Waals surface area contributed by atoms with E-state index < -0.39 is 0 Å². The van der Waals surface area contributed by atoms with E-state index in [1.54, 1.807) is 6.20 Å². The van der Waals surface area contributed by atoms with Crippen LogP contribution in [0.25, 0.3) is 11.0 Å². The predicted molar refractivity (Wildman–Crippen MR) is 247 cm³/mol. The number of rotatable bonds is 18. The van der Waals surface area contributed by atoms with Gasteiger partial charge in [0.05, 0.1) is 14.2 Å². The third kappa shape index (κ3) is 12.6. The van der Waals surface area contributed by atoms with Crippen molar-refractivity contribution >= 4 is 23.0 Å². The van der Waals surface area contributed by atoms with Gasteiger partial charge in [-0.05, 0) is 149 Å². The van der Waals surface area contributed by atoms with Gasteiger partial charge >= 0.3 is 11.9 Å². The van der Waals surface area contributed by atoms with Crippen molar-refractivity contribution in [1.29, 1.82) is 0 Å². The molecule has 0 amide bonds. The Morgan fingerprint density at radius 2 is 1.16 bits per heavy atom. The van der Waals surface area contributed by atoms with Crippen LogP contribution in [0.1, 0.15) is 123 Å². The number of carbonyl (C=O) groups is 2. The number of carbonyl (C=O) groups excluding carboxylic acids is 2. The van der Waals surface area contributed by atoms with Gasteiger partial charge in [0.15, 0.2) is 5.65 Å². The van der Waals surface area contributed by atoms with Crippen LogP contribution in [-0.4, -0.2) is 77.1 Å². The highest BCUT2D eigenvalue weighted by Crippen LogP contribution is 2.33. The number of aromatic nitrogens is 3. The molecule has 2 aliphatic heterocycles. The van der Waals surface area contributed by atoms with Crippen LogP contribution < -0.4 is 0 Å². The van der Waals surface area contributed by atoms with Gasteiger partial charge in [0, 0.05) is 41.8 Å². The lowest BCUT2D eigenvalue weighted by Gasteiger charge is -2.26. The molecular formula is C53H67N5O4. The highest BCUT2D eigenvalue weighted by molar-refractivity contribution is 5.78. The summed E-state index contributed by atoms with van der Waals surface area (Å²) in [6.07, 6.45) is 21.0. The Kier molecular flexibility index (Phi) is 17.0. The molecule has 0 radical (unpaired) electrons. The predicted octanol–water partition coefficient (Wildman–Crippen LogP) is 10.3. The maximum Gasteiger partial charge on any atom is 0.327 e. The number of fused-ring (bicyclic) bond motifs is 2. The van der Waals surface area contributed by atoms with E-state index in [4.69, 9.17) is 14.5 Å². The van der Waals surface area contributed by atoms with Crippen LogP contribution in [0.3, 0.4) is 0 Å². The van der Waals surface area contributed by atoms with Gasteiger partial charge in [-0.15, -0.1) is 0 Å². The summed E-state index contributed by atoms with van der Waals surface area (Å²) in [6.45, 7) is 3.87. The van der Waals surface area contributed by atoms with Crippen LogP contribution in [0.5, 0.6) is 0 Å². The first kappa shape index (κ1) is 45.0. The number of nitrogens with zero attached hydrogens (tertiary/aromatic N) is 5. The second-order valence-corrected chi connectivity index (χ2v) is 17.6. The molecule has 9 nitrogen and oxygen atoms in total. The standard InChI is InChI=1S/C27H36N2O2.C26H31N3O2/c1-31-27(30)26(23-12-5-3-6-13-23)29-19-18-21(20-29)10-4-2-7-14-24-17-16-22-11-8-9-15-25(22)28-24;1-31-26(30)24(21-10-5-3-6-11-21)29-18-16-20(19-29)9-4-2-7-13-23-15-14-22-12-8-17-27-25(22)28-23/h3,5-6,12-13,16-17,21,26H,2,4,7-11,14-15,18-20H2,1H3;3,5-6,8,10-12,14-15,17,20,24H,2,4,7,9,13,16,18-19H2,1H3/t21-,26?;20-,24?/m11/s1. The zero-order valence-electron chi connectivity index (χ0n) is 37.1. The average molecular weight is 838 g/mol. The van der Waals surface area contributed by atoms with Crippen LogP contribution >= 0.6 is 0 Å². The summed E-state index contributed by atoms with van der Waals surface area (Å²) < 4.78 is 10.2.